The molecule has 0 radical (unpaired) electrons. The van der Waals surface area contributed by atoms with Gasteiger partial charge in [-0.3, -0.25) is 0 Å². The Kier molecular flexibility index (Phi) is 6.91. The molecule has 20 heavy (non-hydrogen) atoms. The fraction of sp³-hybridized carbons (Fsp3) is 0.500. The molecule has 0 amide bonds. The molecule has 0 aromatic heterocycles. The smallest absolute Gasteiger partial charge is 0.338 e. The van der Waals surface area contributed by atoms with Crippen LogP contribution in [0.2, 0.25) is 0 Å². The van der Waals surface area contributed by atoms with Gasteiger partial charge in [-0.2, -0.15) is 0 Å². The lowest BCUT2D eigenvalue weighted by molar-refractivity contribution is -0.910. The standard InChI is InChI=1S/C14H18FNO3.ClH/c1-11(10-16-6-8-18-9-7-16)19-14(17)12-2-4-13(15)5-3-12;/h2-5,11H,6-10H2,1H3;1H. The Morgan fingerprint density at radius 1 is 1.35 bits per heavy atom. The predicted octanol–water partition coefficient (Wildman–Crippen LogP) is -2.71. The van der Waals surface area contributed by atoms with Gasteiger partial charge in [0.2, 0.25) is 0 Å². The van der Waals surface area contributed by atoms with E-state index in [1.807, 2.05) is 6.92 Å². The Balaban J connectivity index is 0.00000200. The van der Waals surface area contributed by atoms with Crippen LogP contribution in [0, 0.1) is 5.82 Å². The van der Waals surface area contributed by atoms with Crippen molar-refractivity contribution in [3.8, 4) is 0 Å². The number of carbonyl (C=O) groups is 1. The van der Waals surface area contributed by atoms with Crippen molar-refractivity contribution < 1.29 is 36.0 Å². The van der Waals surface area contributed by atoms with Crippen molar-refractivity contribution in [1.82, 2.24) is 0 Å². The quantitative estimate of drug-likeness (QED) is 0.615. The molecule has 1 aromatic rings. The number of nitrogens with one attached hydrogen (secondary N) is 1. The Morgan fingerprint density at radius 2 is 1.95 bits per heavy atom. The van der Waals surface area contributed by atoms with Crippen molar-refractivity contribution in [2.75, 3.05) is 32.8 Å². The van der Waals surface area contributed by atoms with Crippen LogP contribution in [0.4, 0.5) is 4.39 Å². The molecule has 1 atom stereocenters. The number of halogens is 2. The minimum Gasteiger partial charge on any atom is -1.00 e. The maximum atomic E-state index is 12.8. The van der Waals surface area contributed by atoms with Crippen molar-refractivity contribution in [2.24, 2.45) is 0 Å². The average Bonchev–Trinajstić information content (AvgIpc) is 2.40. The third-order valence-corrected chi connectivity index (χ3v) is 3.16. The molecule has 112 valence electrons. The topological polar surface area (TPSA) is 40.0 Å². The first-order valence-electron chi connectivity index (χ1n) is 6.53. The Bertz CT molecular complexity index is 421. The van der Waals surface area contributed by atoms with Crippen molar-refractivity contribution in [2.45, 2.75) is 13.0 Å². The fourth-order valence-corrected chi connectivity index (χ4v) is 2.15. The highest BCUT2D eigenvalue weighted by Crippen LogP contribution is 2.05. The second-order valence-electron chi connectivity index (χ2n) is 4.79. The molecular weight excluding hydrogens is 285 g/mol. The maximum absolute atomic E-state index is 12.8. The highest BCUT2D eigenvalue weighted by molar-refractivity contribution is 5.89. The third-order valence-electron chi connectivity index (χ3n) is 3.16. The number of esters is 1. The van der Waals surface area contributed by atoms with E-state index in [9.17, 15) is 9.18 Å². The molecule has 4 nitrogen and oxygen atoms in total. The van der Waals surface area contributed by atoms with Crippen molar-refractivity contribution >= 4 is 5.97 Å². The maximum Gasteiger partial charge on any atom is 0.338 e. The summed E-state index contributed by atoms with van der Waals surface area (Å²) in [4.78, 5) is 13.2. The van der Waals surface area contributed by atoms with Crippen molar-refractivity contribution in [3.63, 3.8) is 0 Å². The van der Waals surface area contributed by atoms with E-state index in [1.54, 1.807) is 0 Å². The molecule has 1 heterocycles. The van der Waals surface area contributed by atoms with E-state index in [1.165, 1.54) is 29.2 Å². The Labute approximate surface area is 124 Å². The zero-order valence-corrected chi connectivity index (χ0v) is 12.2. The molecule has 1 N–H and O–H groups in total. The zero-order valence-electron chi connectivity index (χ0n) is 11.4. The number of hydrogen-bond donors (Lipinski definition) is 1. The van der Waals surface area contributed by atoms with Gasteiger partial charge in [0.15, 0.2) is 0 Å². The van der Waals surface area contributed by atoms with Gasteiger partial charge in [0.1, 0.15) is 31.6 Å². The van der Waals surface area contributed by atoms with Crippen LogP contribution in [-0.2, 0) is 9.47 Å². The van der Waals surface area contributed by atoms with E-state index in [2.05, 4.69) is 0 Å². The summed E-state index contributed by atoms with van der Waals surface area (Å²) in [5.41, 5.74) is 0.380. The van der Waals surface area contributed by atoms with Gasteiger partial charge in [0.25, 0.3) is 0 Å². The molecule has 0 bridgehead atoms. The zero-order chi connectivity index (χ0) is 13.7. The summed E-state index contributed by atoms with van der Waals surface area (Å²) in [5, 5.41) is 0. The van der Waals surface area contributed by atoms with Crippen LogP contribution in [-0.4, -0.2) is 44.9 Å². The van der Waals surface area contributed by atoms with E-state index in [0.717, 1.165) is 32.8 Å². The van der Waals surface area contributed by atoms with Crippen LogP contribution in [0.3, 0.4) is 0 Å². The summed E-state index contributed by atoms with van der Waals surface area (Å²) < 4.78 is 23.4. The first-order valence-corrected chi connectivity index (χ1v) is 6.53. The van der Waals surface area contributed by atoms with E-state index >= 15 is 0 Å². The van der Waals surface area contributed by atoms with E-state index < -0.39 is 5.97 Å². The highest BCUT2D eigenvalue weighted by Gasteiger charge is 2.20. The summed E-state index contributed by atoms with van der Waals surface area (Å²) >= 11 is 0. The summed E-state index contributed by atoms with van der Waals surface area (Å²) in [6, 6.07) is 5.39. The van der Waals surface area contributed by atoms with Gasteiger partial charge < -0.3 is 26.8 Å². The van der Waals surface area contributed by atoms with Gasteiger partial charge >= 0.3 is 5.97 Å². The molecule has 0 saturated carbocycles. The molecule has 1 aliphatic heterocycles. The Morgan fingerprint density at radius 3 is 2.55 bits per heavy atom. The van der Waals surface area contributed by atoms with Crippen molar-refractivity contribution in [3.05, 3.63) is 35.6 Å². The summed E-state index contributed by atoms with van der Waals surface area (Å²) in [7, 11) is 0. The van der Waals surface area contributed by atoms with Crippen LogP contribution in [0.5, 0.6) is 0 Å². The van der Waals surface area contributed by atoms with Gasteiger partial charge in [0.05, 0.1) is 18.8 Å². The third kappa shape index (κ3) is 5.07. The number of benzene rings is 1. The fourth-order valence-electron chi connectivity index (χ4n) is 2.15. The highest BCUT2D eigenvalue weighted by atomic mass is 35.5. The van der Waals surface area contributed by atoms with Gasteiger partial charge in [-0.1, -0.05) is 0 Å². The van der Waals surface area contributed by atoms with Crippen molar-refractivity contribution in [1.29, 1.82) is 0 Å². The Hall–Kier alpha value is -1.17. The van der Waals surface area contributed by atoms with Gasteiger partial charge in [-0.05, 0) is 31.2 Å². The molecule has 6 heteroatoms. The van der Waals surface area contributed by atoms with Gasteiger partial charge in [-0.25, -0.2) is 9.18 Å². The first-order chi connectivity index (χ1) is 9.15. The van der Waals surface area contributed by atoms with Gasteiger partial charge in [-0.15, -0.1) is 0 Å². The molecular formula is C14H19ClFNO3. The first kappa shape index (κ1) is 16.9. The summed E-state index contributed by atoms with van der Waals surface area (Å²) in [6.07, 6.45) is -0.161. The number of hydrogen-bond acceptors (Lipinski definition) is 3. The minimum atomic E-state index is -0.403. The lowest BCUT2D eigenvalue weighted by Crippen LogP contribution is -3.15. The van der Waals surface area contributed by atoms with Gasteiger partial charge in [0, 0.05) is 0 Å². The lowest BCUT2D eigenvalue weighted by atomic mass is 10.2. The average molecular weight is 304 g/mol. The summed E-state index contributed by atoms with van der Waals surface area (Å²) in [6.45, 7) is 6.05. The molecule has 1 saturated heterocycles. The lowest BCUT2D eigenvalue weighted by Gasteiger charge is -2.26. The van der Waals surface area contributed by atoms with Crippen LogP contribution >= 0.6 is 0 Å². The van der Waals surface area contributed by atoms with E-state index in [4.69, 9.17) is 9.47 Å². The molecule has 1 unspecified atom stereocenters. The molecule has 1 aromatic carbocycles. The molecule has 2 rings (SSSR count). The monoisotopic (exact) mass is 303 g/mol. The predicted molar refractivity (Wildman–Crippen MR) is 67.7 cm³/mol. The van der Waals surface area contributed by atoms with E-state index in [0.29, 0.717) is 5.56 Å². The molecule has 0 spiro atoms. The molecule has 0 aliphatic carbocycles. The second-order valence-corrected chi connectivity index (χ2v) is 4.79. The van der Waals surface area contributed by atoms with Crippen LogP contribution in [0.1, 0.15) is 17.3 Å². The normalized spacial score (nSPS) is 17.1. The van der Waals surface area contributed by atoms with E-state index in [-0.39, 0.29) is 24.3 Å². The number of rotatable bonds is 4. The largest absolute Gasteiger partial charge is 1.00 e. The van der Waals surface area contributed by atoms with Crippen LogP contribution < -0.4 is 17.3 Å². The van der Waals surface area contributed by atoms with Crippen LogP contribution in [0.15, 0.2) is 24.3 Å². The number of carbonyl (C=O) groups excluding carboxylic acids is 1. The SMILES string of the molecule is CC(C[NH+]1CCOCC1)OC(=O)c1ccc(F)cc1.[Cl-]. The molecule has 1 aliphatic rings. The second kappa shape index (κ2) is 8.19. The number of quaternary nitrogens is 1. The molecule has 1 fully saturated rings. The van der Waals surface area contributed by atoms with Crippen LogP contribution in [0.25, 0.3) is 0 Å². The summed E-state index contributed by atoms with van der Waals surface area (Å²) in [5.74, 6) is -0.762. The minimum absolute atomic E-state index is 0. The number of morpholine rings is 1. The number of ether oxygens (including phenoxy) is 2.